The van der Waals surface area contributed by atoms with Crippen molar-refractivity contribution in [2.45, 2.75) is 12.5 Å². The third-order valence-electron chi connectivity index (χ3n) is 3.49. The molecule has 0 heterocycles. The average Bonchev–Trinajstić information content (AvgIpc) is 2.52. The SMILES string of the molecule is CNC(Cc1ccccc1)c1cc(Cl)c(OC)c(OC)c1. The molecule has 0 saturated carbocycles. The van der Waals surface area contributed by atoms with E-state index in [4.69, 9.17) is 21.1 Å². The summed E-state index contributed by atoms with van der Waals surface area (Å²) in [5.41, 5.74) is 2.34. The highest BCUT2D eigenvalue weighted by atomic mass is 35.5. The summed E-state index contributed by atoms with van der Waals surface area (Å²) in [6, 6.07) is 14.4. The monoisotopic (exact) mass is 305 g/mol. The van der Waals surface area contributed by atoms with Gasteiger partial charge in [0.25, 0.3) is 0 Å². The van der Waals surface area contributed by atoms with Crippen LogP contribution in [0.1, 0.15) is 17.2 Å². The number of hydrogen-bond acceptors (Lipinski definition) is 3. The van der Waals surface area contributed by atoms with Crippen LogP contribution >= 0.6 is 11.6 Å². The van der Waals surface area contributed by atoms with Crippen molar-refractivity contribution in [2.24, 2.45) is 0 Å². The van der Waals surface area contributed by atoms with E-state index < -0.39 is 0 Å². The lowest BCUT2D eigenvalue weighted by Crippen LogP contribution is -2.19. The molecule has 0 bridgehead atoms. The normalized spacial score (nSPS) is 12.0. The number of rotatable bonds is 6. The molecule has 2 aromatic rings. The van der Waals surface area contributed by atoms with Gasteiger partial charge in [-0.15, -0.1) is 0 Å². The van der Waals surface area contributed by atoms with Crippen molar-refractivity contribution in [3.63, 3.8) is 0 Å². The first-order valence-electron chi connectivity index (χ1n) is 6.82. The van der Waals surface area contributed by atoms with Gasteiger partial charge in [0, 0.05) is 6.04 Å². The van der Waals surface area contributed by atoms with E-state index in [1.54, 1.807) is 14.2 Å². The summed E-state index contributed by atoms with van der Waals surface area (Å²) >= 11 is 6.28. The molecule has 4 heteroatoms. The van der Waals surface area contributed by atoms with E-state index in [-0.39, 0.29) is 6.04 Å². The fourth-order valence-corrected chi connectivity index (χ4v) is 2.67. The van der Waals surface area contributed by atoms with Crippen LogP contribution < -0.4 is 14.8 Å². The molecule has 0 aliphatic heterocycles. The lowest BCUT2D eigenvalue weighted by molar-refractivity contribution is 0.354. The zero-order chi connectivity index (χ0) is 15.2. The summed E-state index contributed by atoms with van der Waals surface area (Å²) in [6.45, 7) is 0. The summed E-state index contributed by atoms with van der Waals surface area (Å²) in [4.78, 5) is 0. The topological polar surface area (TPSA) is 30.5 Å². The smallest absolute Gasteiger partial charge is 0.179 e. The van der Waals surface area contributed by atoms with Gasteiger partial charge >= 0.3 is 0 Å². The molecule has 2 aromatic carbocycles. The summed E-state index contributed by atoms with van der Waals surface area (Å²) in [7, 11) is 5.14. The van der Waals surface area contributed by atoms with Gasteiger partial charge in [-0.2, -0.15) is 0 Å². The molecule has 2 rings (SSSR count). The Balaban J connectivity index is 2.32. The Hall–Kier alpha value is -1.71. The van der Waals surface area contributed by atoms with Crippen LogP contribution in [-0.2, 0) is 6.42 Å². The molecule has 0 saturated heterocycles. The van der Waals surface area contributed by atoms with E-state index >= 15 is 0 Å². The zero-order valence-corrected chi connectivity index (χ0v) is 13.3. The van der Waals surface area contributed by atoms with E-state index in [0.717, 1.165) is 12.0 Å². The maximum Gasteiger partial charge on any atom is 0.179 e. The van der Waals surface area contributed by atoms with Crippen LogP contribution in [0.2, 0.25) is 5.02 Å². The third-order valence-corrected chi connectivity index (χ3v) is 3.77. The van der Waals surface area contributed by atoms with Crippen molar-refractivity contribution in [1.82, 2.24) is 5.32 Å². The quantitative estimate of drug-likeness (QED) is 0.879. The van der Waals surface area contributed by atoms with Crippen LogP contribution in [0.3, 0.4) is 0 Å². The molecule has 0 aromatic heterocycles. The van der Waals surface area contributed by atoms with Gasteiger partial charge in [0.1, 0.15) is 0 Å². The molecule has 0 spiro atoms. The molecule has 0 amide bonds. The molecule has 0 aliphatic rings. The maximum atomic E-state index is 6.28. The molecule has 1 unspecified atom stereocenters. The van der Waals surface area contributed by atoms with Crippen molar-refractivity contribution in [1.29, 1.82) is 0 Å². The number of hydrogen-bond donors (Lipinski definition) is 1. The first-order chi connectivity index (χ1) is 10.2. The molecule has 0 fully saturated rings. The Morgan fingerprint density at radius 2 is 1.81 bits per heavy atom. The molecule has 3 nitrogen and oxygen atoms in total. The molecule has 0 radical (unpaired) electrons. The Morgan fingerprint density at radius 3 is 2.38 bits per heavy atom. The minimum absolute atomic E-state index is 0.157. The first kappa shape index (κ1) is 15.7. The molecular weight excluding hydrogens is 286 g/mol. The van der Waals surface area contributed by atoms with Crippen molar-refractivity contribution < 1.29 is 9.47 Å². The predicted molar refractivity (Wildman–Crippen MR) is 86.5 cm³/mol. The number of ether oxygens (including phenoxy) is 2. The number of methoxy groups -OCH3 is 2. The standard InChI is InChI=1S/C17H20ClNO2/c1-19-15(9-12-7-5-4-6-8-12)13-10-14(18)17(21-3)16(11-13)20-2/h4-8,10-11,15,19H,9H2,1-3H3. The summed E-state index contributed by atoms with van der Waals surface area (Å²) in [6.07, 6.45) is 0.878. The molecule has 1 atom stereocenters. The van der Waals surface area contributed by atoms with Crippen LogP contribution in [0, 0.1) is 0 Å². The third kappa shape index (κ3) is 3.69. The number of nitrogens with one attached hydrogen (secondary N) is 1. The minimum Gasteiger partial charge on any atom is -0.493 e. The van der Waals surface area contributed by atoms with Gasteiger partial charge in [0.2, 0.25) is 0 Å². The summed E-state index contributed by atoms with van der Waals surface area (Å²) in [5.74, 6) is 1.21. The first-order valence-corrected chi connectivity index (χ1v) is 7.20. The van der Waals surface area contributed by atoms with Crippen LogP contribution in [0.4, 0.5) is 0 Å². The van der Waals surface area contributed by atoms with Crippen molar-refractivity contribution in [2.75, 3.05) is 21.3 Å². The molecule has 1 N–H and O–H groups in total. The minimum atomic E-state index is 0.157. The van der Waals surface area contributed by atoms with Gasteiger partial charge in [-0.05, 0) is 36.7 Å². The lowest BCUT2D eigenvalue weighted by Gasteiger charge is -2.19. The lowest BCUT2D eigenvalue weighted by atomic mass is 9.98. The summed E-state index contributed by atoms with van der Waals surface area (Å²) in [5, 5.41) is 3.88. The fourth-order valence-electron chi connectivity index (χ4n) is 2.38. The highest BCUT2D eigenvalue weighted by molar-refractivity contribution is 6.32. The Morgan fingerprint density at radius 1 is 1.10 bits per heavy atom. The second kappa shape index (κ2) is 7.34. The second-order valence-electron chi connectivity index (χ2n) is 4.77. The van der Waals surface area contributed by atoms with Gasteiger partial charge in [-0.3, -0.25) is 0 Å². The van der Waals surface area contributed by atoms with Crippen LogP contribution in [0.5, 0.6) is 11.5 Å². The van der Waals surface area contributed by atoms with Crippen molar-refractivity contribution >= 4 is 11.6 Å². The fraction of sp³-hybridized carbons (Fsp3) is 0.294. The maximum absolute atomic E-state index is 6.28. The number of likely N-dealkylation sites (N-methyl/N-ethyl adjacent to an activating group) is 1. The Bertz CT molecular complexity index is 587. The highest BCUT2D eigenvalue weighted by Crippen LogP contribution is 2.38. The number of halogens is 1. The zero-order valence-electron chi connectivity index (χ0n) is 12.5. The molecule has 0 aliphatic carbocycles. The highest BCUT2D eigenvalue weighted by Gasteiger charge is 2.16. The van der Waals surface area contributed by atoms with E-state index in [2.05, 4.69) is 17.4 Å². The average molecular weight is 306 g/mol. The predicted octanol–water partition coefficient (Wildman–Crippen LogP) is 3.86. The second-order valence-corrected chi connectivity index (χ2v) is 5.18. The Labute approximate surface area is 130 Å². The van der Waals surface area contributed by atoms with Crippen LogP contribution in [0.25, 0.3) is 0 Å². The van der Waals surface area contributed by atoms with Crippen LogP contribution in [0.15, 0.2) is 42.5 Å². The van der Waals surface area contributed by atoms with Gasteiger partial charge in [-0.1, -0.05) is 41.9 Å². The summed E-state index contributed by atoms with van der Waals surface area (Å²) < 4.78 is 10.6. The van der Waals surface area contributed by atoms with Crippen LogP contribution in [-0.4, -0.2) is 21.3 Å². The molecular formula is C17H20ClNO2. The van der Waals surface area contributed by atoms with E-state index in [0.29, 0.717) is 16.5 Å². The van der Waals surface area contributed by atoms with Gasteiger partial charge in [0.05, 0.1) is 19.2 Å². The Kier molecular flexibility index (Phi) is 5.48. The van der Waals surface area contributed by atoms with Crippen molar-refractivity contribution in [3.05, 3.63) is 58.6 Å². The van der Waals surface area contributed by atoms with E-state index in [1.165, 1.54) is 5.56 Å². The van der Waals surface area contributed by atoms with Gasteiger partial charge in [0.15, 0.2) is 11.5 Å². The molecule has 21 heavy (non-hydrogen) atoms. The number of benzene rings is 2. The largest absolute Gasteiger partial charge is 0.493 e. The van der Waals surface area contributed by atoms with E-state index in [1.807, 2.05) is 37.4 Å². The van der Waals surface area contributed by atoms with Gasteiger partial charge in [-0.25, -0.2) is 0 Å². The van der Waals surface area contributed by atoms with E-state index in [9.17, 15) is 0 Å². The van der Waals surface area contributed by atoms with Gasteiger partial charge < -0.3 is 14.8 Å². The molecule has 112 valence electrons. The van der Waals surface area contributed by atoms with Crippen molar-refractivity contribution in [3.8, 4) is 11.5 Å².